The number of oxime groups is 1. The van der Waals surface area contributed by atoms with Crippen molar-refractivity contribution in [2.75, 3.05) is 0 Å². The molecule has 208 valence electrons. The number of rotatable bonds is 11. The van der Waals surface area contributed by atoms with E-state index in [0.717, 1.165) is 16.3 Å². The van der Waals surface area contributed by atoms with E-state index in [-0.39, 0.29) is 24.7 Å². The minimum atomic E-state index is -1.65. The second-order valence-electron chi connectivity index (χ2n) is 10.2. The first-order valence-corrected chi connectivity index (χ1v) is 12.9. The number of carboxylic acid groups (broad SMARTS) is 2. The maximum atomic E-state index is 13.5. The van der Waals surface area contributed by atoms with E-state index in [1.807, 2.05) is 50.2 Å². The van der Waals surface area contributed by atoms with Gasteiger partial charge in [0.05, 0.1) is 18.2 Å². The molecule has 3 aromatic rings. The van der Waals surface area contributed by atoms with E-state index in [1.165, 1.54) is 0 Å². The zero-order valence-corrected chi connectivity index (χ0v) is 22.2. The summed E-state index contributed by atoms with van der Waals surface area (Å²) in [7, 11) is 0. The molecule has 0 saturated carbocycles. The minimum Gasteiger partial charge on any atom is -0.481 e. The molecule has 3 aromatic carbocycles. The molecule has 40 heavy (non-hydrogen) atoms. The highest BCUT2D eigenvalue weighted by Gasteiger charge is 2.49. The van der Waals surface area contributed by atoms with Crippen LogP contribution in [0, 0.1) is 5.92 Å². The van der Waals surface area contributed by atoms with E-state index in [4.69, 9.17) is 9.94 Å². The predicted octanol–water partition coefficient (Wildman–Crippen LogP) is 3.40. The normalized spacial score (nSPS) is 17.9. The quantitative estimate of drug-likeness (QED) is 0.288. The Morgan fingerprint density at radius 3 is 2.25 bits per heavy atom. The van der Waals surface area contributed by atoms with Crippen LogP contribution < -0.4 is 10.6 Å². The Morgan fingerprint density at radius 1 is 0.925 bits per heavy atom. The topological polar surface area (TPSA) is 154 Å². The largest absolute Gasteiger partial charge is 0.481 e. The van der Waals surface area contributed by atoms with Crippen molar-refractivity contribution in [3.8, 4) is 0 Å². The molecule has 4 rings (SSSR count). The maximum Gasteiger partial charge on any atom is 0.326 e. The molecule has 0 saturated heterocycles. The maximum absolute atomic E-state index is 13.5. The van der Waals surface area contributed by atoms with Crippen LogP contribution in [0.5, 0.6) is 0 Å². The molecular formula is C30H31N3O7. The van der Waals surface area contributed by atoms with Crippen LogP contribution in [0.2, 0.25) is 0 Å². The third-order valence-electron chi connectivity index (χ3n) is 6.86. The van der Waals surface area contributed by atoms with Crippen molar-refractivity contribution in [2.24, 2.45) is 11.1 Å². The van der Waals surface area contributed by atoms with Crippen LogP contribution in [0.4, 0.5) is 0 Å². The fourth-order valence-corrected chi connectivity index (χ4v) is 4.75. The first kappa shape index (κ1) is 28.3. The number of aliphatic carboxylic acids is 2. The average Bonchev–Trinajstić information content (AvgIpc) is 3.35. The highest BCUT2D eigenvalue weighted by atomic mass is 16.7. The summed E-state index contributed by atoms with van der Waals surface area (Å²) in [5, 5.41) is 30.1. The molecule has 4 N–H and O–H groups in total. The Labute approximate surface area is 231 Å². The minimum absolute atomic E-state index is 0.0337. The second kappa shape index (κ2) is 12.0. The monoisotopic (exact) mass is 545 g/mol. The number of benzene rings is 3. The number of hydrogen-bond donors (Lipinski definition) is 4. The zero-order chi connectivity index (χ0) is 28.9. The Hall–Kier alpha value is -4.73. The van der Waals surface area contributed by atoms with Gasteiger partial charge in [0.15, 0.2) is 0 Å². The van der Waals surface area contributed by atoms with Gasteiger partial charge in [0, 0.05) is 18.4 Å². The van der Waals surface area contributed by atoms with Crippen LogP contribution in [0.15, 0.2) is 78.0 Å². The molecule has 0 fully saturated rings. The summed E-state index contributed by atoms with van der Waals surface area (Å²) in [6.07, 6.45) is -0.782. The van der Waals surface area contributed by atoms with Gasteiger partial charge >= 0.3 is 11.9 Å². The van der Waals surface area contributed by atoms with Crippen molar-refractivity contribution in [1.82, 2.24) is 10.6 Å². The molecule has 1 aliphatic heterocycles. The summed E-state index contributed by atoms with van der Waals surface area (Å²) in [5.74, 6) is -4.09. The SMILES string of the molecule is CC(C)[C@H](NC(=O)c1ccc2ccccc2c1)C1=NOC(Cc2ccccc2)(C(=O)N[C@@H](CC(=O)O)C(=O)O)C1. The van der Waals surface area contributed by atoms with Gasteiger partial charge in [-0.2, -0.15) is 0 Å². The molecule has 1 unspecified atom stereocenters. The van der Waals surface area contributed by atoms with E-state index >= 15 is 0 Å². The van der Waals surface area contributed by atoms with Crippen molar-refractivity contribution >= 4 is 40.2 Å². The molecule has 1 heterocycles. The lowest BCUT2D eigenvalue weighted by molar-refractivity contribution is -0.152. The van der Waals surface area contributed by atoms with Gasteiger partial charge in [-0.1, -0.05) is 79.7 Å². The summed E-state index contributed by atoms with van der Waals surface area (Å²) in [6.45, 7) is 3.80. The molecule has 0 aromatic heterocycles. The number of amides is 2. The zero-order valence-electron chi connectivity index (χ0n) is 22.2. The first-order valence-electron chi connectivity index (χ1n) is 12.9. The van der Waals surface area contributed by atoms with Crippen LogP contribution in [0.25, 0.3) is 10.8 Å². The molecule has 0 bridgehead atoms. The van der Waals surface area contributed by atoms with Gasteiger partial charge in [0.2, 0.25) is 5.60 Å². The van der Waals surface area contributed by atoms with Crippen molar-refractivity contribution in [3.05, 3.63) is 83.9 Å². The molecule has 1 aliphatic rings. The van der Waals surface area contributed by atoms with Crippen LogP contribution in [-0.4, -0.2) is 57.4 Å². The Morgan fingerprint density at radius 2 is 1.60 bits per heavy atom. The standard InChI is InChI=1S/C30H31N3O7/c1-18(2)26(32-27(36)22-13-12-20-10-6-7-11-21(20)14-22)24-17-30(40-33-24,16-19-8-4-3-5-9-19)29(39)31-23(28(37)38)15-25(34)35/h3-14,18,23,26H,15-17H2,1-2H3,(H,31,39)(H,32,36)(H,34,35)(H,37,38)/t23-,26-,30?/m0/s1. The molecule has 2 amide bonds. The van der Waals surface area contributed by atoms with Crippen molar-refractivity contribution in [2.45, 2.75) is 50.8 Å². The number of carboxylic acids is 2. The van der Waals surface area contributed by atoms with Gasteiger partial charge in [0.25, 0.3) is 11.8 Å². The summed E-state index contributed by atoms with van der Waals surface area (Å²) < 4.78 is 0. The van der Waals surface area contributed by atoms with Gasteiger partial charge in [-0.25, -0.2) is 4.79 Å². The fourth-order valence-electron chi connectivity index (χ4n) is 4.75. The number of carbonyl (C=O) groups excluding carboxylic acids is 2. The second-order valence-corrected chi connectivity index (χ2v) is 10.2. The van der Waals surface area contributed by atoms with E-state index in [0.29, 0.717) is 11.3 Å². The average molecular weight is 546 g/mol. The predicted molar refractivity (Wildman–Crippen MR) is 148 cm³/mol. The van der Waals surface area contributed by atoms with Crippen molar-refractivity contribution in [1.29, 1.82) is 0 Å². The Balaban J connectivity index is 1.58. The summed E-state index contributed by atoms with van der Waals surface area (Å²) in [5.41, 5.74) is -0.0139. The third kappa shape index (κ3) is 6.45. The Bertz CT molecular complexity index is 1450. The number of hydrogen-bond acceptors (Lipinski definition) is 6. The number of nitrogens with one attached hydrogen (secondary N) is 2. The number of fused-ring (bicyclic) bond motifs is 1. The number of nitrogens with zero attached hydrogens (tertiary/aromatic N) is 1. The van der Waals surface area contributed by atoms with Crippen molar-refractivity contribution < 1.29 is 34.2 Å². The first-order chi connectivity index (χ1) is 19.1. The molecule has 3 atom stereocenters. The summed E-state index contributed by atoms with van der Waals surface area (Å²) in [4.78, 5) is 55.4. The molecule has 10 nitrogen and oxygen atoms in total. The van der Waals surface area contributed by atoms with Crippen LogP contribution in [0.1, 0.15) is 42.6 Å². The van der Waals surface area contributed by atoms with Gasteiger partial charge in [-0.05, 0) is 34.4 Å². The van der Waals surface area contributed by atoms with Crippen LogP contribution in [0.3, 0.4) is 0 Å². The van der Waals surface area contributed by atoms with E-state index in [9.17, 15) is 24.3 Å². The highest BCUT2D eigenvalue weighted by Crippen LogP contribution is 2.31. The van der Waals surface area contributed by atoms with E-state index < -0.39 is 42.0 Å². The molecular weight excluding hydrogens is 514 g/mol. The van der Waals surface area contributed by atoms with Crippen molar-refractivity contribution in [3.63, 3.8) is 0 Å². The Kier molecular flexibility index (Phi) is 8.47. The lowest BCUT2D eigenvalue weighted by Crippen LogP contribution is -2.55. The third-order valence-corrected chi connectivity index (χ3v) is 6.86. The lowest BCUT2D eigenvalue weighted by atomic mass is 9.84. The van der Waals surface area contributed by atoms with Gasteiger partial charge in [0.1, 0.15) is 6.04 Å². The van der Waals surface area contributed by atoms with Gasteiger partial charge < -0.3 is 25.7 Å². The van der Waals surface area contributed by atoms with E-state index in [1.54, 1.807) is 36.4 Å². The lowest BCUT2D eigenvalue weighted by Gasteiger charge is -2.28. The summed E-state index contributed by atoms with van der Waals surface area (Å²) in [6, 6.07) is 19.9. The van der Waals surface area contributed by atoms with Crippen LogP contribution >= 0.6 is 0 Å². The summed E-state index contributed by atoms with van der Waals surface area (Å²) >= 11 is 0. The van der Waals surface area contributed by atoms with Gasteiger partial charge in [-0.15, -0.1) is 0 Å². The molecule has 0 radical (unpaired) electrons. The molecule has 0 aliphatic carbocycles. The highest BCUT2D eigenvalue weighted by molar-refractivity contribution is 6.04. The van der Waals surface area contributed by atoms with E-state index in [2.05, 4.69) is 15.8 Å². The van der Waals surface area contributed by atoms with Gasteiger partial charge in [-0.3, -0.25) is 14.4 Å². The van der Waals surface area contributed by atoms with Crippen LogP contribution in [-0.2, 0) is 25.6 Å². The number of carbonyl (C=O) groups is 4. The smallest absolute Gasteiger partial charge is 0.326 e. The molecule has 0 spiro atoms. The fraction of sp³-hybridized carbons (Fsp3) is 0.300. The molecule has 10 heteroatoms.